The molecule has 0 aliphatic heterocycles. The van der Waals surface area contributed by atoms with Gasteiger partial charge >= 0.3 is 0 Å². The van der Waals surface area contributed by atoms with Gasteiger partial charge in [-0.1, -0.05) is 29.8 Å². The monoisotopic (exact) mass is 333 g/mol. The van der Waals surface area contributed by atoms with Gasteiger partial charge in [0.2, 0.25) is 0 Å². The van der Waals surface area contributed by atoms with E-state index in [-0.39, 0.29) is 5.91 Å². The third-order valence-electron chi connectivity index (χ3n) is 2.83. The maximum Gasteiger partial charge on any atom is 0.265 e. The van der Waals surface area contributed by atoms with Gasteiger partial charge in [-0.15, -0.1) is 0 Å². The van der Waals surface area contributed by atoms with Crippen molar-refractivity contribution in [1.82, 2.24) is 0 Å². The number of hydrogen-bond acceptors (Lipinski definition) is 2. The van der Waals surface area contributed by atoms with E-state index in [0.717, 1.165) is 15.7 Å². The molecule has 0 spiro atoms. The topological polar surface area (TPSA) is 38.3 Å². The SMILES string of the molecule is Cc1ccc(NC(=O)C(C)Oc2ccccc2Br)cc1. The van der Waals surface area contributed by atoms with Crippen molar-refractivity contribution >= 4 is 27.5 Å². The van der Waals surface area contributed by atoms with Crippen LogP contribution >= 0.6 is 15.9 Å². The first-order valence-electron chi connectivity index (χ1n) is 6.35. The molecule has 0 heterocycles. The number of para-hydroxylation sites is 1. The molecular formula is C16H16BrNO2. The molecule has 0 radical (unpaired) electrons. The van der Waals surface area contributed by atoms with Crippen LogP contribution in [0.15, 0.2) is 53.0 Å². The van der Waals surface area contributed by atoms with E-state index in [1.165, 1.54) is 0 Å². The third kappa shape index (κ3) is 3.84. The molecule has 1 unspecified atom stereocenters. The summed E-state index contributed by atoms with van der Waals surface area (Å²) < 4.78 is 6.47. The van der Waals surface area contributed by atoms with Gasteiger partial charge in [-0.2, -0.15) is 0 Å². The first-order chi connectivity index (χ1) is 9.56. The smallest absolute Gasteiger partial charge is 0.265 e. The predicted molar refractivity (Wildman–Crippen MR) is 84.0 cm³/mol. The molecule has 0 saturated carbocycles. The average Bonchev–Trinajstić information content (AvgIpc) is 2.44. The highest BCUT2D eigenvalue weighted by atomic mass is 79.9. The van der Waals surface area contributed by atoms with Crippen LogP contribution in [0.4, 0.5) is 5.69 Å². The Morgan fingerprint density at radius 3 is 2.45 bits per heavy atom. The summed E-state index contributed by atoms with van der Waals surface area (Å²) in [5, 5.41) is 2.83. The summed E-state index contributed by atoms with van der Waals surface area (Å²) in [6, 6.07) is 15.1. The minimum absolute atomic E-state index is 0.176. The number of aryl methyl sites for hydroxylation is 1. The number of rotatable bonds is 4. The minimum atomic E-state index is -0.574. The Kier molecular flexibility index (Phi) is 4.79. The van der Waals surface area contributed by atoms with Crippen molar-refractivity contribution in [2.24, 2.45) is 0 Å². The number of benzene rings is 2. The van der Waals surface area contributed by atoms with Gasteiger partial charge in [0.25, 0.3) is 5.91 Å². The zero-order valence-electron chi connectivity index (χ0n) is 11.4. The van der Waals surface area contributed by atoms with E-state index in [2.05, 4.69) is 21.2 Å². The quantitative estimate of drug-likeness (QED) is 0.912. The van der Waals surface area contributed by atoms with Gasteiger partial charge in [0.15, 0.2) is 6.10 Å². The molecule has 1 atom stereocenters. The lowest BCUT2D eigenvalue weighted by molar-refractivity contribution is -0.122. The number of carbonyl (C=O) groups is 1. The molecule has 0 saturated heterocycles. The number of nitrogens with one attached hydrogen (secondary N) is 1. The number of hydrogen-bond donors (Lipinski definition) is 1. The standard InChI is InChI=1S/C16H16BrNO2/c1-11-7-9-13(10-8-11)18-16(19)12(2)20-15-6-4-3-5-14(15)17/h3-10,12H,1-2H3,(H,18,19). The number of ether oxygens (including phenoxy) is 1. The second-order valence-electron chi connectivity index (χ2n) is 4.55. The summed E-state index contributed by atoms with van der Waals surface area (Å²) in [7, 11) is 0. The van der Waals surface area contributed by atoms with Crippen LogP contribution in [0.3, 0.4) is 0 Å². The Morgan fingerprint density at radius 2 is 1.80 bits per heavy atom. The maximum atomic E-state index is 12.1. The van der Waals surface area contributed by atoms with Gasteiger partial charge in [-0.05, 0) is 54.0 Å². The fourth-order valence-electron chi connectivity index (χ4n) is 1.67. The normalized spacial score (nSPS) is 11.8. The summed E-state index contributed by atoms with van der Waals surface area (Å²) in [5.41, 5.74) is 1.92. The summed E-state index contributed by atoms with van der Waals surface area (Å²) in [6.07, 6.45) is -0.574. The van der Waals surface area contributed by atoms with E-state index in [4.69, 9.17) is 4.74 Å². The Hall–Kier alpha value is -1.81. The Balaban J connectivity index is 1.99. The van der Waals surface area contributed by atoms with E-state index < -0.39 is 6.10 Å². The van der Waals surface area contributed by atoms with Crippen LogP contribution in [0, 0.1) is 6.92 Å². The molecule has 0 aromatic heterocycles. The van der Waals surface area contributed by atoms with Gasteiger partial charge in [0.05, 0.1) is 4.47 Å². The molecule has 0 aliphatic rings. The average molecular weight is 334 g/mol. The number of carbonyl (C=O) groups excluding carboxylic acids is 1. The van der Waals surface area contributed by atoms with Gasteiger partial charge < -0.3 is 10.1 Å². The van der Waals surface area contributed by atoms with Gasteiger partial charge in [-0.3, -0.25) is 4.79 Å². The van der Waals surface area contributed by atoms with Crippen molar-refractivity contribution in [1.29, 1.82) is 0 Å². The minimum Gasteiger partial charge on any atom is -0.480 e. The molecule has 0 bridgehead atoms. The Labute approximate surface area is 127 Å². The molecule has 1 amide bonds. The maximum absolute atomic E-state index is 12.1. The molecule has 20 heavy (non-hydrogen) atoms. The molecule has 2 aromatic carbocycles. The van der Waals surface area contributed by atoms with Crippen LogP contribution in [-0.4, -0.2) is 12.0 Å². The van der Waals surface area contributed by atoms with Crippen molar-refractivity contribution in [3.63, 3.8) is 0 Å². The van der Waals surface area contributed by atoms with Gasteiger partial charge in [0, 0.05) is 5.69 Å². The van der Waals surface area contributed by atoms with E-state index in [1.54, 1.807) is 6.92 Å². The first kappa shape index (κ1) is 14.6. The zero-order valence-corrected chi connectivity index (χ0v) is 13.0. The molecule has 4 heteroatoms. The highest BCUT2D eigenvalue weighted by molar-refractivity contribution is 9.10. The fourth-order valence-corrected chi connectivity index (χ4v) is 2.04. The van der Waals surface area contributed by atoms with Crippen molar-refractivity contribution in [2.45, 2.75) is 20.0 Å². The van der Waals surface area contributed by atoms with Crippen LogP contribution in [-0.2, 0) is 4.79 Å². The molecule has 2 aromatic rings. The van der Waals surface area contributed by atoms with Crippen molar-refractivity contribution < 1.29 is 9.53 Å². The second kappa shape index (κ2) is 6.57. The van der Waals surface area contributed by atoms with Gasteiger partial charge in [0.1, 0.15) is 5.75 Å². The third-order valence-corrected chi connectivity index (χ3v) is 3.48. The van der Waals surface area contributed by atoms with Crippen LogP contribution in [0.2, 0.25) is 0 Å². The fraction of sp³-hybridized carbons (Fsp3) is 0.188. The Bertz CT molecular complexity index is 596. The summed E-state index contributed by atoms with van der Waals surface area (Å²) in [5.74, 6) is 0.476. The molecule has 0 fully saturated rings. The zero-order chi connectivity index (χ0) is 14.5. The molecule has 0 aliphatic carbocycles. The molecule has 1 N–H and O–H groups in total. The van der Waals surface area contributed by atoms with Crippen LogP contribution in [0.25, 0.3) is 0 Å². The van der Waals surface area contributed by atoms with Crippen molar-refractivity contribution in [3.05, 3.63) is 58.6 Å². The number of anilines is 1. The molecule has 3 nitrogen and oxygen atoms in total. The largest absolute Gasteiger partial charge is 0.480 e. The lowest BCUT2D eigenvalue weighted by Gasteiger charge is -2.15. The predicted octanol–water partition coefficient (Wildman–Crippen LogP) is 4.16. The lowest BCUT2D eigenvalue weighted by atomic mass is 10.2. The van der Waals surface area contributed by atoms with Crippen LogP contribution < -0.4 is 10.1 Å². The van der Waals surface area contributed by atoms with Crippen LogP contribution in [0.1, 0.15) is 12.5 Å². The summed E-state index contributed by atoms with van der Waals surface area (Å²) in [4.78, 5) is 12.1. The first-order valence-corrected chi connectivity index (χ1v) is 7.14. The van der Waals surface area contributed by atoms with Gasteiger partial charge in [-0.25, -0.2) is 0 Å². The van der Waals surface area contributed by atoms with Crippen LogP contribution in [0.5, 0.6) is 5.75 Å². The van der Waals surface area contributed by atoms with E-state index >= 15 is 0 Å². The molecular weight excluding hydrogens is 318 g/mol. The van der Waals surface area contributed by atoms with E-state index in [9.17, 15) is 4.79 Å². The highest BCUT2D eigenvalue weighted by Crippen LogP contribution is 2.25. The van der Waals surface area contributed by atoms with Crippen molar-refractivity contribution in [3.8, 4) is 5.75 Å². The second-order valence-corrected chi connectivity index (χ2v) is 5.40. The van der Waals surface area contributed by atoms with E-state index in [1.807, 2.05) is 55.5 Å². The lowest BCUT2D eigenvalue weighted by Crippen LogP contribution is -2.30. The van der Waals surface area contributed by atoms with Crippen molar-refractivity contribution in [2.75, 3.05) is 5.32 Å². The summed E-state index contributed by atoms with van der Waals surface area (Å²) in [6.45, 7) is 3.73. The van der Waals surface area contributed by atoms with E-state index in [0.29, 0.717) is 5.75 Å². The number of halogens is 1. The highest BCUT2D eigenvalue weighted by Gasteiger charge is 2.15. The molecule has 104 valence electrons. The summed E-state index contributed by atoms with van der Waals surface area (Å²) >= 11 is 3.39. The molecule has 2 rings (SSSR count). The number of amides is 1. The Morgan fingerprint density at radius 1 is 1.15 bits per heavy atom.